The Morgan fingerprint density at radius 1 is 1.50 bits per heavy atom. The second-order valence-corrected chi connectivity index (χ2v) is 3.76. The van der Waals surface area contributed by atoms with E-state index < -0.39 is 0 Å². The van der Waals surface area contributed by atoms with E-state index in [1.54, 1.807) is 13.3 Å². The first-order valence-electron chi connectivity index (χ1n) is 4.73. The van der Waals surface area contributed by atoms with E-state index in [1.165, 1.54) is 0 Å². The average Bonchev–Trinajstić information content (AvgIpc) is 2.13. The lowest BCUT2D eigenvalue weighted by Gasteiger charge is -2.25. The molecular weight excluding hydrogens is 178 g/mol. The highest BCUT2D eigenvalue weighted by molar-refractivity contribution is 5.86. The number of ketones is 1. The van der Waals surface area contributed by atoms with Crippen LogP contribution in [0, 0.1) is 6.92 Å². The van der Waals surface area contributed by atoms with E-state index in [4.69, 9.17) is 4.74 Å². The second-order valence-electron chi connectivity index (χ2n) is 3.76. The van der Waals surface area contributed by atoms with Crippen molar-refractivity contribution >= 4 is 5.78 Å². The van der Waals surface area contributed by atoms with Gasteiger partial charge in [0, 0.05) is 30.5 Å². The van der Waals surface area contributed by atoms with Crippen LogP contribution in [0.15, 0.2) is 12.3 Å². The minimum Gasteiger partial charge on any atom is -0.481 e. The molecule has 0 unspecified atom stereocenters. The minimum absolute atomic E-state index is 0.324. The third-order valence-electron chi connectivity index (χ3n) is 2.60. The van der Waals surface area contributed by atoms with Gasteiger partial charge in [0.2, 0.25) is 5.88 Å². The predicted molar refractivity (Wildman–Crippen MR) is 52.5 cm³/mol. The highest BCUT2D eigenvalue weighted by Gasteiger charge is 2.30. The third-order valence-corrected chi connectivity index (χ3v) is 2.60. The number of ether oxygens (including phenoxy) is 1. The van der Waals surface area contributed by atoms with Gasteiger partial charge in [0.1, 0.15) is 5.78 Å². The summed E-state index contributed by atoms with van der Waals surface area (Å²) in [5.41, 5.74) is 2.19. The van der Waals surface area contributed by atoms with E-state index in [1.807, 2.05) is 6.92 Å². The van der Waals surface area contributed by atoms with Crippen LogP contribution in [0.2, 0.25) is 0 Å². The Hall–Kier alpha value is -1.38. The van der Waals surface area contributed by atoms with Crippen molar-refractivity contribution in [1.82, 2.24) is 4.98 Å². The Labute approximate surface area is 83.1 Å². The maximum absolute atomic E-state index is 10.9. The molecule has 0 amide bonds. The summed E-state index contributed by atoms with van der Waals surface area (Å²) >= 11 is 0. The molecule has 2 rings (SSSR count). The van der Waals surface area contributed by atoms with Gasteiger partial charge in [-0.25, -0.2) is 4.98 Å². The molecule has 0 bridgehead atoms. The molecule has 1 saturated carbocycles. The van der Waals surface area contributed by atoms with Crippen molar-refractivity contribution in [2.45, 2.75) is 25.7 Å². The predicted octanol–water partition coefficient (Wildman–Crippen LogP) is 1.85. The molecule has 74 valence electrons. The molecule has 3 nitrogen and oxygen atoms in total. The fraction of sp³-hybridized carbons (Fsp3) is 0.455. The van der Waals surface area contributed by atoms with Crippen LogP contribution >= 0.6 is 0 Å². The van der Waals surface area contributed by atoms with Gasteiger partial charge in [0.05, 0.1) is 7.11 Å². The quantitative estimate of drug-likeness (QED) is 0.716. The molecule has 1 heterocycles. The van der Waals surface area contributed by atoms with Crippen molar-refractivity contribution in [2.24, 2.45) is 0 Å². The molecular formula is C11H13NO2. The van der Waals surface area contributed by atoms with Gasteiger partial charge in [-0.15, -0.1) is 0 Å². The Balaban J connectivity index is 2.30. The summed E-state index contributed by atoms with van der Waals surface area (Å²) in [7, 11) is 1.61. The van der Waals surface area contributed by atoms with Crippen LogP contribution in [-0.2, 0) is 4.79 Å². The number of Topliss-reactive ketones (excluding diaryl/α,β-unsaturated/α-hetero) is 1. The number of carbonyl (C=O) groups excluding carboxylic acids is 1. The highest BCUT2D eigenvalue weighted by atomic mass is 16.5. The monoisotopic (exact) mass is 191 g/mol. The molecule has 1 aliphatic rings. The first-order valence-corrected chi connectivity index (χ1v) is 4.73. The average molecular weight is 191 g/mol. The summed E-state index contributed by atoms with van der Waals surface area (Å²) in [6.07, 6.45) is 3.06. The van der Waals surface area contributed by atoms with Gasteiger partial charge >= 0.3 is 0 Å². The topological polar surface area (TPSA) is 39.2 Å². The summed E-state index contributed by atoms with van der Waals surface area (Å²) in [4.78, 5) is 15.1. The number of pyridine rings is 1. The van der Waals surface area contributed by atoms with Crippen molar-refractivity contribution in [2.75, 3.05) is 7.11 Å². The van der Waals surface area contributed by atoms with Gasteiger partial charge in [-0.3, -0.25) is 4.79 Å². The highest BCUT2D eigenvalue weighted by Crippen LogP contribution is 2.37. The normalized spacial score (nSPS) is 16.6. The maximum Gasteiger partial charge on any atom is 0.216 e. The molecule has 1 aliphatic carbocycles. The zero-order valence-electron chi connectivity index (χ0n) is 8.41. The van der Waals surface area contributed by atoms with Crippen molar-refractivity contribution < 1.29 is 9.53 Å². The fourth-order valence-corrected chi connectivity index (χ4v) is 1.75. The molecule has 1 aromatic rings. The number of hydrogen-bond acceptors (Lipinski definition) is 3. The Morgan fingerprint density at radius 2 is 2.21 bits per heavy atom. The van der Waals surface area contributed by atoms with E-state index in [-0.39, 0.29) is 0 Å². The van der Waals surface area contributed by atoms with Gasteiger partial charge < -0.3 is 4.74 Å². The Morgan fingerprint density at radius 3 is 2.79 bits per heavy atom. The molecule has 0 N–H and O–H groups in total. The van der Waals surface area contributed by atoms with E-state index in [0.717, 1.165) is 11.1 Å². The van der Waals surface area contributed by atoms with Crippen LogP contribution in [0.4, 0.5) is 0 Å². The SMILES string of the molecule is COc1ncc(C)cc1C1CC(=O)C1. The molecule has 14 heavy (non-hydrogen) atoms. The molecule has 0 atom stereocenters. The number of hydrogen-bond donors (Lipinski definition) is 0. The van der Waals surface area contributed by atoms with Crippen molar-refractivity contribution in [3.8, 4) is 5.88 Å². The van der Waals surface area contributed by atoms with E-state index in [9.17, 15) is 4.79 Å². The minimum atomic E-state index is 0.324. The van der Waals surface area contributed by atoms with Crippen molar-refractivity contribution in [1.29, 1.82) is 0 Å². The zero-order valence-corrected chi connectivity index (χ0v) is 8.41. The van der Waals surface area contributed by atoms with Gasteiger partial charge in [-0.05, 0) is 18.6 Å². The number of nitrogens with zero attached hydrogens (tertiary/aromatic N) is 1. The summed E-state index contributed by atoms with van der Waals surface area (Å²) in [5.74, 6) is 1.32. The summed E-state index contributed by atoms with van der Waals surface area (Å²) in [6.45, 7) is 2.00. The number of methoxy groups -OCH3 is 1. The maximum atomic E-state index is 10.9. The van der Waals surface area contributed by atoms with Crippen LogP contribution < -0.4 is 4.74 Å². The number of aryl methyl sites for hydroxylation is 1. The lowest BCUT2D eigenvalue weighted by atomic mass is 9.79. The van der Waals surface area contributed by atoms with Gasteiger partial charge in [-0.2, -0.15) is 0 Å². The molecule has 0 aliphatic heterocycles. The number of rotatable bonds is 2. The molecule has 0 saturated heterocycles. The molecule has 3 heteroatoms. The first-order chi connectivity index (χ1) is 6.70. The van der Waals surface area contributed by atoms with Crippen LogP contribution in [-0.4, -0.2) is 17.9 Å². The van der Waals surface area contributed by atoms with Gasteiger partial charge in [-0.1, -0.05) is 0 Å². The summed E-state index contributed by atoms with van der Waals surface area (Å²) in [5, 5.41) is 0. The summed E-state index contributed by atoms with van der Waals surface area (Å²) < 4.78 is 5.17. The lowest BCUT2D eigenvalue weighted by molar-refractivity contribution is -0.124. The second kappa shape index (κ2) is 3.40. The Kier molecular flexibility index (Phi) is 2.23. The fourth-order valence-electron chi connectivity index (χ4n) is 1.75. The molecule has 1 aromatic heterocycles. The number of aromatic nitrogens is 1. The van der Waals surface area contributed by atoms with Gasteiger partial charge in [0.15, 0.2) is 0 Å². The van der Waals surface area contributed by atoms with E-state index >= 15 is 0 Å². The van der Waals surface area contributed by atoms with Gasteiger partial charge in [0.25, 0.3) is 0 Å². The van der Waals surface area contributed by atoms with Crippen LogP contribution in [0.25, 0.3) is 0 Å². The van der Waals surface area contributed by atoms with Crippen molar-refractivity contribution in [3.05, 3.63) is 23.4 Å². The van der Waals surface area contributed by atoms with E-state index in [2.05, 4.69) is 11.1 Å². The standard InChI is InChI=1S/C11H13NO2/c1-7-3-10(8-4-9(13)5-8)11(14-2)12-6-7/h3,6,8H,4-5H2,1-2H3. The molecule has 0 radical (unpaired) electrons. The van der Waals surface area contributed by atoms with E-state index in [0.29, 0.717) is 30.4 Å². The molecule has 0 aromatic carbocycles. The van der Waals surface area contributed by atoms with Crippen LogP contribution in [0.5, 0.6) is 5.88 Å². The largest absolute Gasteiger partial charge is 0.481 e. The third kappa shape index (κ3) is 1.50. The van der Waals surface area contributed by atoms with Crippen LogP contribution in [0.3, 0.4) is 0 Å². The first kappa shape index (κ1) is 9.19. The van der Waals surface area contributed by atoms with Crippen molar-refractivity contribution in [3.63, 3.8) is 0 Å². The molecule has 0 spiro atoms. The Bertz CT molecular complexity index is 366. The summed E-state index contributed by atoms with van der Waals surface area (Å²) in [6, 6.07) is 2.06. The lowest BCUT2D eigenvalue weighted by Crippen LogP contribution is -2.22. The number of carbonyl (C=O) groups is 1. The smallest absolute Gasteiger partial charge is 0.216 e. The zero-order chi connectivity index (χ0) is 10.1. The molecule has 1 fully saturated rings. The van der Waals surface area contributed by atoms with Crippen LogP contribution in [0.1, 0.15) is 29.9 Å².